The van der Waals surface area contributed by atoms with Crippen LogP contribution < -0.4 is 10.5 Å². The fourth-order valence-corrected chi connectivity index (χ4v) is 2.93. The minimum absolute atomic E-state index is 0.00856. The quantitative estimate of drug-likeness (QED) is 0.842. The maximum Gasteiger partial charge on any atom is 0.158 e. The van der Waals surface area contributed by atoms with Crippen molar-refractivity contribution < 1.29 is 13.2 Å². The molecule has 0 amide bonds. The van der Waals surface area contributed by atoms with Gasteiger partial charge in [0.25, 0.3) is 0 Å². The highest BCUT2D eigenvalue weighted by molar-refractivity contribution is 9.10. The van der Waals surface area contributed by atoms with E-state index in [1.54, 1.807) is 20.8 Å². The number of halogens is 1. The van der Waals surface area contributed by atoms with E-state index in [0.29, 0.717) is 18.7 Å². The van der Waals surface area contributed by atoms with Crippen LogP contribution in [0.3, 0.4) is 0 Å². The highest BCUT2D eigenvalue weighted by Gasteiger charge is 2.28. The second-order valence-corrected chi connectivity index (χ2v) is 9.35. The van der Waals surface area contributed by atoms with E-state index in [9.17, 15) is 8.42 Å². The molecule has 0 unspecified atom stereocenters. The summed E-state index contributed by atoms with van der Waals surface area (Å²) in [5, 5.41) is 0. The molecular weight excluding hydrogens is 342 g/mol. The lowest BCUT2D eigenvalue weighted by Crippen LogP contribution is -2.32. The molecule has 0 atom stereocenters. The molecule has 0 aliphatic heterocycles. The smallest absolute Gasteiger partial charge is 0.158 e. The Kier molecular flexibility index (Phi) is 6.04. The second kappa shape index (κ2) is 6.91. The van der Waals surface area contributed by atoms with Gasteiger partial charge in [0.15, 0.2) is 9.84 Å². The normalized spacial score (nSPS) is 12.4. The third kappa shape index (κ3) is 4.75. The van der Waals surface area contributed by atoms with Gasteiger partial charge in [-0.25, -0.2) is 8.42 Å². The summed E-state index contributed by atoms with van der Waals surface area (Å²) in [7, 11) is -3.16. The van der Waals surface area contributed by atoms with Crippen LogP contribution in [-0.4, -0.2) is 32.1 Å². The fraction of sp³-hybridized carbons (Fsp3) is 0.571. The summed E-state index contributed by atoms with van der Waals surface area (Å²) in [5.41, 5.74) is 6.55. The van der Waals surface area contributed by atoms with Crippen molar-refractivity contribution >= 4 is 25.8 Å². The summed E-state index contributed by atoms with van der Waals surface area (Å²) in [6, 6.07) is 5.65. The third-order valence-corrected chi connectivity index (χ3v) is 6.04. The van der Waals surface area contributed by atoms with Crippen LogP contribution in [0.15, 0.2) is 22.7 Å². The summed E-state index contributed by atoms with van der Waals surface area (Å²) < 4.78 is 29.8. The predicted molar refractivity (Wildman–Crippen MR) is 85.9 cm³/mol. The lowest BCUT2D eigenvalue weighted by molar-refractivity contribution is 0.336. The van der Waals surface area contributed by atoms with Gasteiger partial charge in [-0.1, -0.05) is 15.9 Å². The first-order chi connectivity index (χ1) is 9.17. The summed E-state index contributed by atoms with van der Waals surface area (Å²) >= 11 is 3.40. The molecule has 4 nitrogen and oxygen atoms in total. The second-order valence-electron chi connectivity index (χ2n) is 5.57. The topological polar surface area (TPSA) is 69.4 Å². The number of rotatable bonds is 6. The van der Waals surface area contributed by atoms with Crippen molar-refractivity contribution in [2.45, 2.75) is 31.9 Å². The van der Waals surface area contributed by atoms with E-state index in [4.69, 9.17) is 10.5 Å². The molecule has 2 N–H and O–H groups in total. The average Bonchev–Trinajstić information content (AvgIpc) is 2.30. The zero-order valence-corrected chi connectivity index (χ0v) is 14.6. The van der Waals surface area contributed by atoms with Gasteiger partial charge in [-0.3, -0.25) is 0 Å². The van der Waals surface area contributed by atoms with Gasteiger partial charge >= 0.3 is 0 Å². The Morgan fingerprint density at radius 2 is 1.95 bits per heavy atom. The van der Waals surface area contributed by atoms with Crippen molar-refractivity contribution in [2.24, 2.45) is 5.73 Å². The first-order valence-electron chi connectivity index (χ1n) is 6.51. The van der Waals surface area contributed by atoms with E-state index in [1.807, 2.05) is 18.2 Å². The van der Waals surface area contributed by atoms with E-state index >= 15 is 0 Å². The fourth-order valence-electron chi connectivity index (χ4n) is 1.61. The summed E-state index contributed by atoms with van der Waals surface area (Å²) in [4.78, 5) is 0. The zero-order valence-electron chi connectivity index (χ0n) is 12.1. The van der Waals surface area contributed by atoms with Crippen LogP contribution in [0.1, 0.15) is 26.3 Å². The minimum atomic E-state index is -3.16. The van der Waals surface area contributed by atoms with Crippen LogP contribution in [-0.2, 0) is 16.3 Å². The highest BCUT2D eigenvalue weighted by atomic mass is 79.9. The van der Waals surface area contributed by atoms with E-state index in [0.717, 1.165) is 10.0 Å². The molecule has 0 radical (unpaired) electrons. The minimum Gasteiger partial charge on any atom is -0.492 e. The Morgan fingerprint density at radius 1 is 1.30 bits per heavy atom. The van der Waals surface area contributed by atoms with Crippen molar-refractivity contribution in [1.29, 1.82) is 0 Å². The third-order valence-electron chi connectivity index (χ3n) is 2.98. The first kappa shape index (κ1) is 17.5. The standard InChI is InChI=1S/C14H22BrNO3S/c1-14(2,3)20(17,18)9-8-19-13-5-4-12(15)10-11(13)6-7-16/h4-5,10H,6-9,16H2,1-3H3. The molecule has 1 rings (SSSR count). The van der Waals surface area contributed by atoms with Crippen LogP contribution >= 0.6 is 15.9 Å². The van der Waals surface area contributed by atoms with E-state index in [-0.39, 0.29) is 12.4 Å². The molecule has 0 fully saturated rings. The SMILES string of the molecule is CC(C)(C)S(=O)(=O)CCOc1ccc(Br)cc1CCN. The van der Waals surface area contributed by atoms with Gasteiger partial charge in [-0.2, -0.15) is 0 Å². The number of hydrogen-bond acceptors (Lipinski definition) is 4. The molecule has 0 aliphatic carbocycles. The first-order valence-corrected chi connectivity index (χ1v) is 8.95. The van der Waals surface area contributed by atoms with Crippen molar-refractivity contribution in [3.8, 4) is 5.75 Å². The molecule has 0 bridgehead atoms. The van der Waals surface area contributed by atoms with Gasteiger partial charge in [-0.05, 0) is 57.5 Å². The van der Waals surface area contributed by atoms with Crippen molar-refractivity contribution in [3.63, 3.8) is 0 Å². The Balaban J connectivity index is 2.72. The van der Waals surface area contributed by atoms with Crippen LogP contribution in [0, 0.1) is 0 Å². The Bertz CT molecular complexity index is 550. The highest BCUT2D eigenvalue weighted by Crippen LogP contribution is 2.24. The van der Waals surface area contributed by atoms with Gasteiger partial charge in [0.1, 0.15) is 12.4 Å². The molecule has 0 aliphatic rings. The Labute approximate surface area is 129 Å². The summed E-state index contributed by atoms with van der Waals surface area (Å²) in [5.74, 6) is 0.706. The predicted octanol–water partition coefficient (Wildman–Crippen LogP) is 2.54. The van der Waals surface area contributed by atoms with E-state index in [2.05, 4.69) is 15.9 Å². The Morgan fingerprint density at radius 3 is 2.50 bits per heavy atom. The molecule has 20 heavy (non-hydrogen) atoms. The van der Waals surface area contributed by atoms with Crippen molar-refractivity contribution in [2.75, 3.05) is 18.9 Å². The van der Waals surface area contributed by atoms with Gasteiger partial charge < -0.3 is 10.5 Å². The molecule has 1 aromatic rings. The molecule has 0 aromatic heterocycles. The van der Waals surface area contributed by atoms with Gasteiger partial charge in [0.05, 0.1) is 10.5 Å². The van der Waals surface area contributed by atoms with Crippen LogP contribution in [0.4, 0.5) is 0 Å². The lowest BCUT2D eigenvalue weighted by Gasteiger charge is -2.19. The number of hydrogen-bond donors (Lipinski definition) is 1. The maximum absolute atomic E-state index is 12.0. The molecule has 114 valence electrons. The van der Waals surface area contributed by atoms with Crippen molar-refractivity contribution in [3.05, 3.63) is 28.2 Å². The maximum atomic E-state index is 12.0. The lowest BCUT2D eigenvalue weighted by atomic mass is 10.1. The zero-order chi connectivity index (χ0) is 15.4. The molecule has 0 heterocycles. The van der Waals surface area contributed by atoms with Crippen molar-refractivity contribution in [1.82, 2.24) is 0 Å². The van der Waals surface area contributed by atoms with E-state index in [1.165, 1.54) is 0 Å². The number of nitrogens with two attached hydrogens (primary N) is 1. The van der Waals surface area contributed by atoms with Crippen LogP contribution in [0.25, 0.3) is 0 Å². The monoisotopic (exact) mass is 363 g/mol. The van der Waals surface area contributed by atoms with Gasteiger partial charge in [0.2, 0.25) is 0 Å². The molecule has 0 saturated carbocycles. The van der Waals surface area contributed by atoms with Crippen LogP contribution in [0.2, 0.25) is 0 Å². The number of sulfone groups is 1. The summed E-state index contributed by atoms with van der Waals surface area (Å²) in [6.45, 7) is 5.76. The summed E-state index contributed by atoms with van der Waals surface area (Å²) in [6.07, 6.45) is 0.695. The largest absolute Gasteiger partial charge is 0.492 e. The molecule has 1 aromatic carbocycles. The van der Waals surface area contributed by atoms with Gasteiger partial charge in [0, 0.05) is 4.47 Å². The molecule has 0 saturated heterocycles. The Hall–Kier alpha value is -0.590. The van der Waals surface area contributed by atoms with Gasteiger partial charge in [-0.15, -0.1) is 0 Å². The molecule has 0 spiro atoms. The van der Waals surface area contributed by atoms with E-state index < -0.39 is 14.6 Å². The molecular formula is C14H22BrNO3S. The number of ether oxygens (including phenoxy) is 1. The average molecular weight is 364 g/mol. The number of benzene rings is 1. The molecule has 6 heteroatoms. The van der Waals surface area contributed by atoms with Crippen LogP contribution in [0.5, 0.6) is 5.75 Å².